The van der Waals surface area contributed by atoms with E-state index < -0.39 is 5.24 Å². The van der Waals surface area contributed by atoms with Gasteiger partial charge in [-0.1, -0.05) is 17.5 Å². The molecule has 16 heavy (non-hydrogen) atoms. The maximum absolute atomic E-state index is 10.6. The van der Waals surface area contributed by atoms with E-state index in [1.165, 1.54) is 12.2 Å². The van der Waals surface area contributed by atoms with E-state index in [1.54, 1.807) is 18.2 Å². The molecule has 0 aromatic heterocycles. The number of carbonyl (C=O) groups excluding carboxylic acids is 1. The van der Waals surface area contributed by atoms with Crippen molar-refractivity contribution in [3.05, 3.63) is 34.9 Å². The van der Waals surface area contributed by atoms with Crippen molar-refractivity contribution in [2.75, 3.05) is 6.61 Å². The quantitative estimate of drug-likeness (QED) is 0.469. The highest BCUT2D eigenvalue weighted by molar-refractivity contribution is 6.66. The Bertz CT molecular complexity index is 459. The maximum atomic E-state index is 10.6. The minimum atomic E-state index is -0.567. The second kappa shape index (κ2) is 6.22. The Kier molecular flexibility index (Phi) is 4.91. The second-order valence-corrected chi connectivity index (χ2v) is 3.62. The molecule has 0 saturated carbocycles. The van der Waals surface area contributed by atoms with Crippen LogP contribution in [0.4, 0.5) is 0 Å². The molecular weight excluding hydrogens is 247 g/mol. The summed E-state index contributed by atoms with van der Waals surface area (Å²) in [5, 5.41) is -0.0300. The Morgan fingerprint density at radius 2 is 2.31 bits per heavy atom. The summed E-state index contributed by atoms with van der Waals surface area (Å²) < 4.78 is 5.27. The molecule has 0 N–H and O–H groups in total. The molecule has 0 aliphatic heterocycles. The average Bonchev–Trinajstić information content (AvgIpc) is 2.25. The fourth-order valence-corrected chi connectivity index (χ4v) is 1.30. The third-order valence-electron chi connectivity index (χ3n) is 1.68. The molecule has 0 bridgehead atoms. The van der Waals surface area contributed by atoms with E-state index in [2.05, 4.69) is 5.92 Å². The van der Waals surface area contributed by atoms with Gasteiger partial charge in [-0.25, -0.2) is 0 Å². The molecule has 0 atom stereocenters. The number of terminal acetylenes is 1. The molecule has 0 unspecified atom stereocenters. The third-order valence-corrected chi connectivity index (χ3v) is 2.04. The lowest BCUT2D eigenvalue weighted by Crippen LogP contribution is -1.95. The van der Waals surface area contributed by atoms with E-state index in [9.17, 15) is 4.79 Å². The zero-order valence-electron chi connectivity index (χ0n) is 8.24. The van der Waals surface area contributed by atoms with Crippen molar-refractivity contribution in [2.45, 2.75) is 0 Å². The molecule has 0 fully saturated rings. The molecule has 0 spiro atoms. The Hall–Kier alpha value is -1.43. The molecule has 1 aromatic rings. The highest BCUT2D eigenvalue weighted by Gasteiger charge is 2.01. The molecule has 0 aliphatic carbocycles. The molecule has 0 aliphatic rings. The van der Waals surface area contributed by atoms with E-state index in [1.807, 2.05) is 0 Å². The van der Waals surface area contributed by atoms with Crippen LogP contribution in [-0.4, -0.2) is 11.8 Å². The smallest absolute Gasteiger partial charge is 0.245 e. The van der Waals surface area contributed by atoms with Crippen LogP contribution in [0.15, 0.2) is 24.3 Å². The number of hydrogen-bond donors (Lipinski definition) is 0. The standard InChI is InChI=1S/C12H8Cl2O2/c1-2-7-16-11-5-4-10(13)8-9(11)3-6-12(14)15/h1,3-6,8H,7H2/b6-3+. The van der Waals surface area contributed by atoms with Gasteiger partial charge in [-0.05, 0) is 42.0 Å². The lowest BCUT2D eigenvalue weighted by molar-refractivity contribution is -0.107. The van der Waals surface area contributed by atoms with Crippen molar-refractivity contribution in [3.8, 4) is 18.1 Å². The normalized spacial score (nSPS) is 10.1. The number of halogens is 2. The molecule has 1 rings (SSSR count). The fourth-order valence-electron chi connectivity index (χ4n) is 1.06. The summed E-state index contributed by atoms with van der Waals surface area (Å²) in [7, 11) is 0. The maximum Gasteiger partial charge on any atom is 0.245 e. The number of ether oxygens (including phenoxy) is 1. The van der Waals surface area contributed by atoms with Crippen LogP contribution in [0.25, 0.3) is 6.08 Å². The molecule has 82 valence electrons. The topological polar surface area (TPSA) is 26.3 Å². The van der Waals surface area contributed by atoms with Crippen molar-refractivity contribution >= 4 is 34.5 Å². The van der Waals surface area contributed by atoms with Gasteiger partial charge in [0.1, 0.15) is 12.4 Å². The first-order valence-corrected chi connectivity index (χ1v) is 5.12. The zero-order chi connectivity index (χ0) is 12.0. The highest BCUT2D eigenvalue weighted by Crippen LogP contribution is 2.24. The molecule has 0 radical (unpaired) electrons. The predicted molar refractivity (Wildman–Crippen MR) is 65.7 cm³/mol. The summed E-state index contributed by atoms with van der Waals surface area (Å²) in [6, 6.07) is 5.01. The summed E-state index contributed by atoms with van der Waals surface area (Å²) in [5.74, 6) is 2.90. The zero-order valence-corrected chi connectivity index (χ0v) is 9.76. The fraction of sp³-hybridized carbons (Fsp3) is 0.0833. The highest BCUT2D eigenvalue weighted by atomic mass is 35.5. The summed E-state index contributed by atoms with van der Waals surface area (Å²) in [5.41, 5.74) is 0.650. The summed E-state index contributed by atoms with van der Waals surface area (Å²) in [6.45, 7) is 0.150. The van der Waals surface area contributed by atoms with Gasteiger partial charge in [0, 0.05) is 10.6 Å². The minimum Gasteiger partial charge on any atom is -0.480 e. The number of rotatable bonds is 4. The minimum absolute atomic E-state index is 0.150. The van der Waals surface area contributed by atoms with Crippen LogP contribution in [0.3, 0.4) is 0 Å². The van der Waals surface area contributed by atoms with Gasteiger partial charge in [-0.3, -0.25) is 4.79 Å². The SMILES string of the molecule is C#CCOc1ccc(Cl)cc1/C=C/C(=O)Cl. The van der Waals surface area contributed by atoms with Gasteiger partial charge >= 0.3 is 0 Å². The van der Waals surface area contributed by atoms with Crippen molar-refractivity contribution in [3.63, 3.8) is 0 Å². The molecule has 0 saturated heterocycles. The monoisotopic (exact) mass is 254 g/mol. The molecule has 0 heterocycles. The van der Waals surface area contributed by atoms with Crippen molar-refractivity contribution in [1.82, 2.24) is 0 Å². The molecule has 2 nitrogen and oxygen atoms in total. The number of hydrogen-bond acceptors (Lipinski definition) is 2. The van der Waals surface area contributed by atoms with Crippen molar-refractivity contribution in [2.24, 2.45) is 0 Å². The van der Waals surface area contributed by atoms with E-state index in [4.69, 9.17) is 34.4 Å². The van der Waals surface area contributed by atoms with Crippen LogP contribution < -0.4 is 4.74 Å². The van der Waals surface area contributed by atoms with Crippen LogP contribution in [-0.2, 0) is 4.79 Å². The molecule has 0 amide bonds. The van der Waals surface area contributed by atoms with E-state index in [-0.39, 0.29) is 6.61 Å². The lowest BCUT2D eigenvalue weighted by Gasteiger charge is -2.06. The average molecular weight is 255 g/mol. The largest absolute Gasteiger partial charge is 0.480 e. The third kappa shape index (κ3) is 3.98. The Balaban J connectivity index is 2.99. The van der Waals surface area contributed by atoms with Crippen LogP contribution in [0.1, 0.15) is 5.56 Å². The van der Waals surface area contributed by atoms with Gasteiger partial charge in [0.15, 0.2) is 0 Å². The summed E-state index contributed by atoms with van der Waals surface area (Å²) in [6.07, 6.45) is 7.82. The predicted octanol–water partition coefficient (Wildman–Crippen LogP) is 3.13. The Morgan fingerprint density at radius 1 is 1.56 bits per heavy atom. The Morgan fingerprint density at radius 3 is 2.94 bits per heavy atom. The van der Waals surface area contributed by atoms with Crippen LogP contribution in [0.2, 0.25) is 5.02 Å². The first kappa shape index (κ1) is 12.6. The first-order valence-electron chi connectivity index (χ1n) is 4.37. The van der Waals surface area contributed by atoms with Crippen LogP contribution in [0, 0.1) is 12.3 Å². The van der Waals surface area contributed by atoms with E-state index in [0.717, 1.165) is 0 Å². The van der Waals surface area contributed by atoms with E-state index >= 15 is 0 Å². The molecular formula is C12H8Cl2O2. The van der Waals surface area contributed by atoms with Gasteiger partial charge in [-0.2, -0.15) is 0 Å². The Labute approximate surface area is 104 Å². The van der Waals surface area contributed by atoms with Gasteiger partial charge < -0.3 is 4.74 Å². The van der Waals surface area contributed by atoms with Gasteiger partial charge in [0.05, 0.1) is 0 Å². The summed E-state index contributed by atoms with van der Waals surface area (Å²) in [4.78, 5) is 10.6. The van der Waals surface area contributed by atoms with Gasteiger partial charge in [-0.15, -0.1) is 6.42 Å². The first-order chi connectivity index (χ1) is 7.63. The van der Waals surface area contributed by atoms with E-state index in [0.29, 0.717) is 16.3 Å². The number of benzene rings is 1. The summed E-state index contributed by atoms with van der Waals surface area (Å²) >= 11 is 11.0. The van der Waals surface area contributed by atoms with Gasteiger partial charge in [0.25, 0.3) is 0 Å². The molecule has 4 heteroatoms. The number of allylic oxidation sites excluding steroid dienone is 1. The number of carbonyl (C=O) groups is 1. The molecule has 1 aromatic carbocycles. The van der Waals surface area contributed by atoms with Crippen LogP contribution in [0.5, 0.6) is 5.75 Å². The van der Waals surface area contributed by atoms with Gasteiger partial charge in [0.2, 0.25) is 5.24 Å². The second-order valence-electron chi connectivity index (χ2n) is 2.81. The van der Waals surface area contributed by atoms with Crippen molar-refractivity contribution < 1.29 is 9.53 Å². The van der Waals surface area contributed by atoms with Crippen LogP contribution >= 0.6 is 23.2 Å². The lowest BCUT2D eigenvalue weighted by atomic mass is 10.2. The van der Waals surface area contributed by atoms with Crippen molar-refractivity contribution in [1.29, 1.82) is 0 Å².